The maximum Gasteiger partial charge on any atom is 0.0887 e. The van der Waals surface area contributed by atoms with Crippen molar-refractivity contribution in [1.82, 2.24) is 9.78 Å². The average Bonchev–Trinajstić information content (AvgIpc) is 2.98. The molecule has 0 radical (unpaired) electrons. The quantitative estimate of drug-likeness (QED) is 0.311. The molecule has 0 aliphatic rings. The van der Waals surface area contributed by atoms with Crippen LogP contribution in [-0.2, 0) is 0 Å². The lowest BCUT2D eigenvalue weighted by Gasteiger charge is -2.11. The van der Waals surface area contributed by atoms with Crippen molar-refractivity contribution in [2.24, 2.45) is 0 Å². The van der Waals surface area contributed by atoms with Crippen LogP contribution in [0.5, 0.6) is 0 Å². The first kappa shape index (κ1) is 21.2. The fourth-order valence-electron chi connectivity index (χ4n) is 3.15. The molecule has 0 amide bonds. The van der Waals surface area contributed by atoms with Crippen molar-refractivity contribution in [3.63, 3.8) is 0 Å². The largest absolute Gasteiger partial charge is 0.231 e. The van der Waals surface area contributed by atoms with Gasteiger partial charge in [-0.3, -0.25) is 0 Å². The van der Waals surface area contributed by atoms with E-state index >= 15 is 0 Å². The van der Waals surface area contributed by atoms with E-state index in [9.17, 15) is 0 Å². The van der Waals surface area contributed by atoms with Gasteiger partial charge >= 0.3 is 0 Å². The van der Waals surface area contributed by atoms with Crippen LogP contribution in [0.1, 0.15) is 43.9 Å². The Bertz CT molecular complexity index is 975. The Balaban J connectivity index is 2.08. The van der Waals surface area contributed by atoms with Gasteiger partial charge in [-0.1, -0.05) is 77.1 Å². The molecule has 0 aliphatic heterocycles. The van der Waals surface area contributed by atoms with Crippen LogP contribution in [0.2, 0.25) is 10.0 Å². The van der Waals surface area contributed by atoms with Gasteiger partial charge < -0.3 is 0 Å². The number of hydrogen-bond donors (Lipinski definition) is 0. The minimum Gasteiger partial charge on any atom is -0.231 e. The third-order valence-corrected chi connectivity index (χ3v) is 5.73. The zero-order valence-electron chi connectivity index (χ0n) is 16.1. The molecule has 0 spiro atoms. The van der Waals surface area contributed by atoms with Crippen molar-refractivity contribution < 1.29 is 0 Å². The second-order valence-corrected chi connectivity index (χ2v) is 8.53. The molecule has 3 aromatic rings. The van der Waals surface area contributed by atoms with E-state index in [0.29, 0.717) is 10.0 Å². The van der Waals surface area contributed by atoms with Crippen LogP contribution in [0, 0.1) is 6.92 Å². The van der Waals surface area contributed by atoms with Gasteiger partial charge in [0.15, 0.2) is 0 Å². The van der Waals surface area contributed by atoms with Crippen molar-refractivity contribution in [3.8, 4) is 16.9 Å². The summed E-state index contributed by atoms with van der Waals surface area (Å²) in [6.45, 7) is 4.33. The maximum absolute atomic E-state index is 6.50. The Hall–Kier alpha value is -1.55. The second-order valence-electron chi connectivity index (χ2n) is 6.77. The number of benzene rings is 2. The molecule has 2 nitrogen and oxygen atoms in total. The maximum atomic E-state index is 6.50. The van der Waals surface area contributed by atoms with Crippen LogP contribution in [0.25, 0.3) is 23.0 Å². The summed E-state index contributed by atoms with van der Waals surface area (Å²) in [5.41, 5.74) is 5.02. The van der Waals surface area contributed by atoms with Crippen LogP contribution in [0.4, 0.5) is 0 Å². The summed E-state index contributed by atoms with van der Waals surface area (Å²) < 4.78 is 2.96. The van der Waals surface area contributed by atoms with Gasteiger partial charge in [0.25, 0.3) is 0 Å². The van der Waals surface area contributed by atoms with Crippen LogP contribution in [0.3, 0.4) is 0 Å². The predicted octanol–water partition coefficient (Wildman–Crippen LogP) is 8.51. The lowest BCUT2D eigenvalue weighted by Crippen LogP contribution is -2.00. The summed E-state index contributed by atoms with van der Waals surface area (Å²) in [4.78, 5) is 0. The molecule has 1 aromatic heterocycles. The van der Waals surface area contributed by atoms with Gasteiger partial charge in [-0.25, -0.2) is 4.68 Å². The number of hydrogen-bond acceptors (Lipinski definition) is 1. The Morgan fingerprint density at radius 3 is 2.50 bits per heavy atom. The molecule has 0 aliphatic carbocycles. The molecule has 1 heterocycles. The van der Waals surface area contributed by atoms with Crippen molar-refractivity contribution in [2.45, 2.75) is 39.5 Å². The van der Waals surface area contributed by atoms with E-state index < -0.39 is 0 Å². The Morgan fingerprint density at radius 2 is 1.82 bits per heavy atom. The SMILES string of the molecule is CCCCC/C=C/c1nn(-c2ccc(Cl)cc2Cl)c(-c2ccc(Br)cc2)c1C. The van der Waals surface area contributed by atoms with Crippen LogP contribution in [0.15, 0.2) is 53.0 Å². The third kappa shape index (κ3) is 4.89. The average molecular weight is 478 g/mol. The summed E-state index contributed by atoms with van der Waals surface area (Å²) in [7, 11) is 0. The van der Waals surface area contributed by atoms with Crippen molar-refractivity contribution in [1.29, 1.82) is 0 Å². The summed E-state index contributed by atoms with van der Waals surface area (Å²) in [6, 6.07) is 13.7. The fourth-order valence-corrected chi connectivity index (χ4v) is 3.91. The highest BCUT2D eigenvalue weighted by Gasteiger charge is 2.18. The third-order valence-electron chi connectivity index (χ3n) is 4.66. The number of aromatic nitrogens is 2. The van der Waals surface area contributed by atoms with Gasteiger partial charge in [0.05, 0.1) is 22.1 Å². The minimum atomic E-state index is 0.576. The molecule has 5 heteroatoms. The molecule has 0 bridgehead atoms. The van der Waals surface area contributed by atoms with Crippen molar-refractivity contribution >= 4 is 45.2 Å². The topological polar surface area (TPSA) is 17.8 Å². The lowest BCUT2D eigenvalue weighted by atomic mass is 10.1. The van der Waals surface area contributed by atoms with E-state index in [0.717, 1.165) is 39.1 Å². The number of allylic oxidation sites excluding steroid dienone is 1. The van der Waals surface area contributed by atoms with Gasteiger partial charge in [0, 0.05) is 20.6 Å². The molecule has 0 atom stereocenters. The van der Waals surface area contributed by atoms with Crippen LogP contribution >= 0.6 is 39.1 Å². The molecule has 0 fully saturated rings. The molecule has 3 rings (SSSR count). The molecule has 0 saturated heterocycles. The van der Waals surface area contributed by atoms with Gasteiger partial charge in [-0.2, -0.15) is 5.10 Å². The van der Waals surface area contributed by atoms with E-state index in [1.165, 1.54) is 19.3 Å². The first-order valence-electron chi connectivity index (χ1n) is 9.48. The van der Waals surface area contributed by atoms with E-state index in [-0.39, 0.29) is 0 Å². The number of unbranched alkanes of at least 4 members (excludes halogenated alkanes) is 3. The molecule has 28 heavy (non-hydrogen) atoms. The van der Waals surface area contributed by atoms with Crippen molar-refractivity contribution in [3.05, 3.63) is 74.3 Å². The molecule has 0 saturated carbocycles. The zero-order valence-corrected chi connectivity index (χ0v) is 19.2. The van der Waals surface area contributed by atoms with Gasteiger partial charge in [-0.15, -0.1) is 0 Å². The highest BCUT2D eigenvalue weighted by atomic mass is 79.9. The Kier molecular flexibility index (Phi) is 7.39. The molecular formula is C23H23BrCl2N2. The highest BCUT2D eigenvalue weighted by Crippen LogP contribution is 2.33. The van der Waals surface area contributed by atoms with E-state index in [1.54, 1.807) is 6.07 Å². The lowest BCUT2D eigenvalue weighted by molar-refractivity contribution is 0.730. The first-order valence-corrected chi connectivity index (χ1v) is 11.0. The molecule has 146 valence electrons. The molecule has 0 N–H and O–H groups in total. The monoisotopic (exact) mass is 476 g/mol. The second kappa shape index (κ2) is 9.78. The minimum absolute atomic E-state index is 0.576. The standard InChI is InChI=1S/C23H23BrCl2N2/c1-3-4-5-6-7-8-21-16(2)23(17-9-11-18(24)12-10-17)28(27-21)22-14-13-19(25)15-20(22)26/h7-15H,3-6H2,1-2H3/b8-7+. The van der Waals surface area contributed by atoms with Gasteiger partial charge in [0.1, 0.15) is 0 Å². The summed E-state index contributed by atoms with van der Waals surface area (Å²) in [5.74, 6) is 0. The summed E-state index contributed by atoms with van der Waals surface area (Å²) >= 11 is 16.1. The summed E-state index contributed by atoms with van der Waals surface area (Å²) in [5, 5.41) is 6.06. The van der Waals surface area contributed by atoms with Crippen molar-refractivity contribution in [2.75, 3.05) is 0 Å². The normalized spacial score (nSPS) is 11.5. The van der Waals surface area contributed by atoms with Gasteiger partial charge in [0.2, 0.25) is 0 Å². The molecule has 0 unspecified atom stereocenters. The first-order chi connectivity index (χ1) is 13.5. The predicted molar refractivity (Wildman–Crippen MR) is 125 cm³/mol. The van der Waals surface area contributed by atoms with E-state index in [4.69, 9.17) is 28.3 Å². The fraction of sp³-hybridized carbons (Fsp3) is 0.261. The Morgan fingerprint density at radius 1 is 1.07 bits per heavy atom. The number of nitrogens with zero attached hydrogens (tertiary/aromatic N) is 2. The zero-order chi connectivity index (χ0) is 20.1. The summed E-state index contributed by atoms with van der Waals surface area (Å²) in [6.07, 6.45) is 9.08. The smallest absolute Gasteiger partial charge is 0.0887 e. The van der Waals surface area contributed by atoms with Crippen LogP contribution in [-0.4, -0.2) is 9.78 Å². The number of rotatable bonds is 7. The molecular weight excluding hydrogens is 455 g/mol. The molecule has 2 aromatic carbocycles. The van der Waals surface area contributed by atoms with Crippen LogP contribution < -0.4 is 0 Å². The number of halogens is 3. The van der Waals surface area contributed by atoms with Gasteiger partial charge in [-0.05, 0) is 56.2 Å². The van der Waals surface area contributed by atoms with E-state index in [2.05, 4.69) is 54.1 Å². The van der Waals surface area contributed by atoms with E-state index in [1.807, 2.05) is 28.9 Å². The Labute approximate surface area is 185 Å². The highest BCUT2D eigenvalue weighted by molar-refractivity contribution is 9.10.